The molecule has 0 bridgehead atoms. The van der Waals surface area contributed by atoms with Gasteiger partial charge in [0, 0.05) is 18.5 Å². The molecule has 2 N–H and O–H groups in total. The van der Waals surface area contributed by atoms with Crippen molar-refractivity contribution in [1.29, 1.82) is 0 Å². The summed E-state index contributed by atoms with van der Waals surface area (Å²) >= 11 is 1.06. The van der Waals surface area contributed by atoms with Crippen LogP contribution in [0.15, 0.2) is 24.3 Å². The van der Waals surface area contributed by atoms with E-state index in [0.717, 1.165) is 11.5 Å². The molecular weight excluding hydrogens is 304 g/mol. The van der Waals surface area contributed by atoms with Crippen LogP contribution < -0.4 is 10.6 Å². The van der Waals surface area contributed by atoms with Gasteiger partial charge in [0.25, 0.3) is 5.91 Å². The van der Waals surface area contributed by atoms with E-state index in [4.69, 9.17) is 4.74 Å². The highest BCUT2D eigenvalue weighted by Gasteiger charge is 2.15. The van der Waals surface area contributed by atoms with E-state index < -0.39 is 0 Å². The number of aryl methyl sites for hydroxylation is 1. The van der Waals surface area contributed by atoms with Gasteiger partial charge in [0.05, 0.1) is 5.69 Å². The van der Waals surface area contributed by atoms with Crippen molar-refractivity contribution in [2.24, 2.45) is 0 Å². The molecule has 0 aliphatic rings. The van der Waals surface area contributed by atoms with Gasteiger partial charge in [0.1, 0.15) is 11.5 Å². The first-order valence-electron chi connectivity index (χ1n) is 6.65. The lowest BCUT2D eigenvalue weighted by molar-refractivity contribution is -0.119. The third-order valence-corrected chi connectivity index (χ3v) is 3.54. The number of anilines is 2. The van der Waals surface area contributed by atoms with Crippen molar-refractivity contribution < 1.29 is 14.3 Å². The van der Waals surface area contributed by atoms with E-state index in [1.807, 2.05) is 6.92 Å². The molecule has 8 heteroatoms. The van der Waals surface area contributed by atoms with Crippen LogP contribution in [0.4, 0.5) is 11.4 Å². The fourth-order valence-electron chi connectivity index (χ4n) is 1.80. The number of methoxy groups -OCH3 is 1. The van der Waals surface area contributed by atoms with Gasteiger partial charge in [-0.1, -0.05) is 17.5 Å². The summed E-state index contributed by atoms with van der Waals surface area (Å²) in [4.78, 5) is 24.2. The molecule has 1 aromatic carbocycles. The van der Waals surface area contributed by atoms with E-state index in [9.17, 15) is 9.59 Å². The molecule has 0 aliphatic carbocycles. The van der Waals surface area contributed by atoms with Crippen molar-refractivity contribution in [3.63, 3.8) is 0 Å². The summed E-state index contributed by atoms with van der Waals surface area (Å²) in [5.41, 5.74) is 1.83. The third-order valence-electron chi connectivity index (χ3n) is 2.78. The third kappa shape index (κ3) is 4.09. The fourth-order valence-corrected chi connectivity index (χ4v) is 2.45. The van der Waals surface area contributed by atoms with Crippen LogP contribution in [-0.2, 0) is 16.0 Å². The van der Waals surface area contributed by atoms with Crippen LogP contribution in [0.5, 0.6) is 0 Å². The van der Waals surface area contributed by atoms with Crippen LogP contribution in [-0.4, -0.2) is 35.1 Å². The molecule has 2 rings (SSSR count). The number of amides is 2. The average Bonchev–Trinajstić information content (AvgIpc) is 2.96. The van der Waals surface area contributed by atoms with Crippen molar-refractivity contribution in [3.05, 3.63) is 34.8 Å². The highest BCUT2D eigenvalue weighted by molar-refractivity contribution is 7.08. The Morgan fingerprint density at radius 1 is 1.27 bits per heavy atom. The van der Waals surface area contributed by atoms with Gasteiger partial charge in [0.15, 0.2) is 0 Å². The smallest absolute Gasteiger partial charge is 0.269 e. The second kappa shape index (κ2) is 7.62. The number of hydrogen-bond donors (Lipinski definition) is 2. The zero-order valence-electron chi connectivity index (χ0n) is 12.3. The Morgan fingerprint density at radius 2 is 2.00 bits per heavy atom. The zero-order valence-corrected chi connectivity index (χ0v) is 13.1. The molecule has 1 aromatic heterocycles. The Bertz CT molecular complexity index is 672. The number of benzene rings is 1. The number of carbonyl (C=O) groups is 2. The molecule has 7 nitrogen and oxygen atoms in total. The van der Waals surface area contributed by atoms with Gasteiger partial charge in [-0.3, -0.25) is 9.59 Å². The second-order valence-corrected chi connectivity index (χ2v) is 5.17. The first-order chi connectivity index (χ1) is 10.6. The predicted octanol–water partition coefficient (Wildman–Crippen LogP) is 1.94. The Kier molecular flexibility index (Phi) is 5.56. The Labute approximate surface area is 131 Å². The number of ether oxygens (including phenoxy) is 1. The number of nitrogens with zero attached hydrogens (tertiary/aromatic N) is 2. The number of nitrogens with one attached hydrogen (secondary N) is 2. The van der Waals surface area contributed by atoms with Crippen LogP contribution in [0.25, 0.3) is 0 Å². The summed E-state index contributed by atoms with van der Waals surface area (Å²) < 4.78 is 8.54. The minimum absolute atomic E-state index is 0.0248. The molecule has 116 valence electrons. The van der Waals surface area contributed by atoms with Gasteiger partial charge in [0.2, 0.25) is 5.91 Å². The van der Waals surface area contributed by atoms with E-state index in [2.05, 4.69) is 20.2 Å². The lowest BCUT2D eigenvalue weighted by atomic mass is 10.2. The molecule has 22 heavy (non-hydrogen) atoms. The van der Waals surface area contributed by atoms with E-state index in [-0.39, 0.29) is 18.4 Å². The second-order valence-electron chi connectivity index (χ2n) is 4.42. The largest absolute Gasteiger partial charge is 0.375 e. The average molecular weight is 320 g/mol. The first-order valence-corrected chi connectivity index (χ1v) is 7.42. The molecule has 0 fully saturated rings. The van der Waals surface area contributed by atoms with Gasteiger partial charge in [-0.15, -0.1) is 5.10 Å². The molecule has 0 atom stereocenters. The molecule has 0 radical (unpaired) electrons. The standard InChI is InChI=1S/C14H16N4O3S/c1-3-11-13(22-18-17-11)14(20)16-10-6-4-5-9(7-10)15-12(19)8-21-2/h4-7H,3,8H2,1-2H3,(H,15,19)(H,16,20). The van der Waals surface area contributed by atoms with Crippen LogP contribution in [0.1, 0.15) is 22.3 Å². The first kappa shape index (κ1) is 16.1. The maximum Gasteiger partial charge on any atom is 0.269 e. The summed E-state index contributed by atoms with van der Waals surface area (Å²) in [6.07, 6.45) is 0.645. The van der Waals surface area contributed by atoms with Crippen LogP contribution in [0.2, 0.25) is 0 Å². The van der Waals surface area contributed by atoms with Gasteiger partial charge < -0.3 is 15.4 Å². The molecule has 0 aliphatic heterocycles. The van der Waals surface area contributed by atoms with E-state index >= 15 is 0 Å². The molecule has 0 saturated carbocycles. The van der Waals surface area contributed by atoms with Gasteiger partial charge in [-0.05, 0) is 36.2 Å². The maximum atomic E-state index is 12.2. The molecule has 2 amide bonds. The van der Waals surface area contributed by atoms with Crippen molar-refractivity contribution in [3.8, 4) is 0 Å². The summed E-state index contributed by atoms with van der Waals surface area (Å²) in [6.45, 7) is 1.89. The van der Waals surface area contributed by atoms with Gasteiger partial charge in [-0.25, -0.2) is 0 Å². The van der Waals surface area contributed by atoms with E-state index in [0.29, 0.717) is 28.4 Å². The Balaban J connectivity index is 2.07. The predicted molar refractivity (Wildman–Crippen MR) is 84.2 cm³/mol. The molecule has 0 unspecified atom stereocenters. The van der Waals surface area contributed by atoms with Crippen molar-refractivity contribution in [2.45, 2.75) is 13.3 Å². The highest BCUT2D eigenvalue weighted by Crippen LogP contribution is 2.18. The maximum absolute atomic E-state index is 12.2. The van der Waals surface area contributed by atoms with E-state index in [1.165, 1.54) is 7.11 Å². The quantitative estimate of drug-likeness (QED) is 0.848. The number of aromatic nitrogens is 2. The Hall–Kier alpha value is -2.32. The van der Waals surface area contributed by atoms with Crippen LogP contribution in [0, 0.1) is 0 Å². The topological polar surface area (TPSA) is 93.2 Å². The van der Waals surface area contributed by atoms with Crippen molar-refractivity contribution >= 4 is 34.7 Å². The number of rotatable bonds is 6. The molecular formula is C14H16N4O3S. The zero-order chi connectivity index (χ0) is 15.9. The summed E-state index contributed by atoms with van der Waals surface area (Å²) in [6, 6.07) is 6.88. The van der Waals surface area contributed by atoms with E-state index in [1.54, 1.807) is 24.3 Å². The number of hydrogen-bond acceptors (Lipinski definition) is 6. The highest BCUT2D eigenvalue weighted by atomic mass is 32.1. The monoisotopic (exact) mass is 320 g/mol. The summed E-state index contributed by atoms with van der Waals surface area (Å²) in [7, 11) is 1.45. The minimum Gasteiger partial charge on any atom is -0.375 e. The molecule has 0 spiro atoms. The van der Waals surface area contributed by atoms with Crippen molar-refractivity contribution in [1.82, 2.24) is 9.59 Å². The summed E-state index contributed by atoms with van der Waals surface area (Å²) in [5, 5.41) is 9.36. The van der Waals surface area contributed by atoms with Crippen molar-refractivity contribution in [2.75, 3.05) is 24.4 Å². The normalized spacial score (nSPS) is 10.3. The van der Waals surface area contributed by atoms with Crippen LogP contribution >= 0.6 is 11.5 Å². The summed E-state index contributed by atoms with van der Waals surface area (Å²) in [5.74, 6) is -0.516. The fraction of sp³-hybridized carbons (Fsp3) is 0.286. The van der Waals surface area contributed by atoms with Crippen LogP contribution in [0.3, 0.4) is 0 Å². The molecule has 0 saturated heterocycles. The molecule has 1 heterocycles. The lowest BCUT2D eigenvalue weighted by Gasteiger charge is -2.08. The SMILES string of the molecule is CCc1nnsc1C(=O)Nc1cccc(NC(=O)COC)c1. The van der Waals surface area contributed by atoms with Gasteiger partial charge >= 0.3 is 0 Å². The number of carbonyl (C=O) groups excluding carboxylic acids is 2. The minimum atomic E-state index is -0.258. The molecule has 2 aromatic rings. The lowest BCUT2D eigenvalue weighted by Crippen LogP contribution is -2.17. The van der Waals surface area contributed by atoms with Gasteiger partial charge in [-0.2, -0.15) is 0 Å². The Morgan fingerprint density at radius 3 is 2.68 bits per heavy atom.